The fraction of sp³-hybridized carbons (Fsp3) is 0.500. The van der Waals surface area contributed by atoms with E-state index >= 15 is 0 Å². The predicted molar refractivity (Wildman–Crippen MR) is 71.7 cm³/mol. The molecule has 1 aliphatic rings. The molecule has 1 aromatic rings. The van der Waals surface area contributed by atoms with Crippen molar-refractivity contribution in [3.8, 4) is 0 Å². The Labute approximate surface area is 113 Å². The van der Waals surface area contributed by atoms with Crippen LogP contribution in [0.15, 0.2) is 24.3 Å². The third-order valence-electron chi connectivity index (χ3n) is 3.44. The fourth-order valence-electron chi connectivity index (χ4n) is 2.31. The first-order valence-electron chi connectivity index (χ1n) is 6.52. The standard InChI is InChI=1S/C14H20N2O3/c17-11-13-3-1-12(2-4-13)9-15-5-7-16(8-6-15)10-14(18)19/h1-4,17H,5-11H2,(H,18,19). The van der Waals surface area contributed by atoms with Gasteiger partial charge in [0.1, 0.15) is 0 Å². The third-order valence-corrected chi connectivity index (χ3v) is 3.44. The fourth-order valence-corrected chi connectivity index (χ4v) is 2.31. The summed E-state index contributed by atoms with van der Waals surface area (Å²) in [5, 5.41) is 17.7. The molecular formula is C14H20N2O3. The van der Waals surface area contributed by atoms with Gasteiger partial charge in [-0.3, -0.25) is 14.6 Å². The van der Waals surface area contributed by atoms with Crippen molar-refractivity contribution in [1.82, 2.24) is 9.80 Å². The van der Waals surface area contributed by atoms with Crippen molar-refractivity contribution in [2.75, 3.05) is 32.7 Å². The first-order valence-corrected chi connectivity index (χ1v) is 6.52. The van der Waals surface area contributed by atoms with Crippen molar-refractivity contribution < 1.29 is 15.0 Å². The van der Waals surface area contributed by atoms with Crippen molar-refractivity contribution in [3.05, 3.63) is 35.4 Å². The minimum atomic E-state index is -0.756. The van der Waals surface area contributed by atoms with Crippen LogP contribution in [0.4, 0.5) is 0 Å². The number of aliphatic hydroxyl groups is 1. The van der Waals surface area contributed by atoms with Gasteiger partial charge in [0.15, 0.2) is 0 Å². The summed E-state index contributed by atoms with van der Waals surface area (Å²) in [6.45, 7) is 4.51. The lowest BCUT2D eigenvalue weighted by atomic mass is 10.1. The molecule has 0 saturated carbocycles. The van der Waals surface area contributed by atoms with Gasteiger partial charge in [0.25, 0.3) is 0 Å². The number of carbonyl (C=O) groups is 1. The number of piperazine rings is 1. The van der Waals surface area contributed by atoms with Gasteiger partial charge in [-0.25, -0.2) is 0 Å². The van der Waals surface area contributed by atoms with Crippen LogP contribution in [0.3, 0.4) is 0 Å². The van der Waals surface area contributed by atoms with Gasteiger partial charge < -0.3 is 10.2 Å². The molecule has 5 nitrogen and oxygen atoms in total. The lowest BCUT2D eigenvalue weighted by molar-refractivity contribution is -0.138. The molecule has 0 bridgehead atoms. The molecule has 0 atom stereocenters. The van der Waals surface area contributed by atoms with Crippen molar-refractivity contribution >= 4 is 5.97 Å². The van der Waals surface area contributed by atoms with Crippen molar-refractivity contribution in [1.29, 1.82) is 0 Å². The maximum absolute atomic E-state index is 10.6. The van der Waals surface area contributed by atoms with Crippen molar-refractivity contribution in [2.45, 2.75) is 13.2 Å². The molecule has 1 aliphatic heterocycles. The van der Waals surface area contributed by atoms with E-state index in [2.05, 4.69) is 4.90 Å². The van der Waals surface area contributed by atoms with Crippen LogP contribution in [0.1, 0.15) is 11.1 Å². The molecular weight excluding hydrogens is 244 g/mol. The van der Waals surface area contributed by atoms with E-state index in [4.69, 9.17) is 10.2 Å². The van der Waals surface area contributed by atoms with E-state index in [-0.39, 0.29) is 13.2 Å². The lowest BCUT2D eigenvalue weighted by Crippen LogP contribution is -2.47. The maximum atomic E-state index is 10.6. The predicted octanol–water partition coefficient (Wildman–Crippen LogP) is 0.381. The van der Waals surface area contributed by atoms with Crippen LogP contribution in [0.5, 0.6) is 0 Å². The monoisotopic (exact) mass is 264 g/mol. The summed E-state index contributed by atoms with van der Waals surface area (Å²) >= 11 is 0. The number of carboxylic acid groups (broad SMARTS) is 1. The summed E-state index contributed by atoms with van der Waals surface area (Å²) in [6.07, 6.45) is 0. The smallest absolute Gasteiger partial charge is 0.317 e. The van der Waals surface area contributed by atoms with Gasteiger partial charge >= 0.3 is 5.97 Å². The zero-order valence-electron chi connectivity index (χ0n) is 11.0. The number of hydrogen-bond acceptors (Lipinski definition) is 4. The minimum Gasteiger partial charge on any atom is -0.480 e. The van der Waals surface area contributed by atoms with E-state index in [1.54, 1.807) is 0 Å². The van der Waals surface area contributed by atoms with Crippen LogP contribution < -0.4 is 0 Å². The number of nitrogens with zero attached hydrogens (tertiary/aromatic N) is 2. The molecule has 2 rings (SSSR count). The van der Waals surface area contributed by atoms with Crippen LogP contribution in [-0.2, 0) is 17.9 Å². The molecule has 0 unspecified atom stereocenters. The Morgan fingerprint density at radius 2 is 1.53 bits per heavy atom. The second-order valence-corrected chi connectivity index (χ2v) is 4.92. The second-order valence-electron chi connectivity index (χ2n) is 4.92. The van der Waals surface area contributed by atoms with E-state index in [0.717, 1.165) is 38.3 Å². The average molecular weight is 264 g/mol. The highest BCUT2D eigenvalue weighted by Gasteiger charge is 2.18. The molecule has 1 saturated heterocycles. The van der Waals surface area contributed by atoms with Gasteiger partial charge in [0.05, 0.1) is 13.2 Å². The Morgan fingerprint density at radius 3 is 2.05 bits per heavy atom. The van der Waals surface area contributed by atoms with Crippen LogP contribution in [0.25, 0.3) is 0 Å². The molecule has 1 fully saturated rings. The summed E-state index contributed by atoms with van der Waals surface area (Å²) in [5.74, 6) is -0.756. The van der Waals surface area contributed by atoms with Crippen LogP contribution in [0.2, 0.25) is 0 Å². The molecule has 0 aromatic heterocycles. The average Bonchev–Trinajstić information content (AvgIpc) is 2.41. The number of aliphatic carboxylic acids is 1. The molecule has 19 heavy (non-hydrogen) atoms. The van der Waals surface area contributed by atoms with Gasteiger partial charge in [-0.15, -0.1) is 0 Å². The topological polar surface area (TPSA) is 64.0 Å². The summed E-state index contributed by atoms with van der Waals surface area (Å²) in [4.78, 5) is 14.9. The zero-order chi connectivity index (χ0) is 13.7. The van der Waals surface area contributed by atoms with Gasteiger partial charge in [0, 0.05) is 32.7 Å². The van der Waals surface area contributed by atoms with E-state index in [9.17, 15) is 4.79 Å². The van der Waals surface area contributed by atoms with Gasteiger partial charge in [-0.1, -0.05) is 24.3 Å². The molecule has 0 amide bonds. The first kappa shape index (κ1) is 14.0. The highest BCUT2D eigenvalue weighted by Crippen LogP contribution is 2.10. The van der Waals surface area contributed by atoms with E-state index in [1.807, 2.05) is 29.2 Å². The van der Waals surface area contributed by atoms with Crippen LogP contribution in [0, 0.1) is 0 Å². The zero-order valence-corrected chi connectivity index (χ0v) is 11.0. The summed E-state index contributed by atoms with van der Waals surface area (Å²) < 4.78 is 0. The van der Waals surface area contributed by atoms with E-state index in [1.165, 1.54) is 5.56 Å². The Balaban J connectivity index is 1.80. The van der Waals surface area contributed by atoms with Gasteiger partial charge in [-0.05, 0) is 11.1 Å². The number of carboxylic acids is 1. The highest BCUT2D eigenvalue weighted by atomic mass is 16.4. The van der Waals surface area contributed by atoms with E-state index < -0.39 is 5.97 Å². The molecule has 5 heteroatoms. The van der Waals surface area contributed by atoms with Crippen molar-refractivity contribution in [3.63, 3.8) is 0 Å². The van der Waals surface area contributed by atoms with Crippen LogP contribution in [-0.4, -0.2) is 58.7 Å². The van der Waals surface area contributed by atoms with Gasteiger partial charge in [0.2, 0.25) is 0 Å². The molecule has 1 heterocycles. The largest absolute Gasteiger partial charge is 0.480 e. The Kier molecular flexibility index (Phi) is 4.90. The lowest BCUT2D eigenvalue weighted by Gasteiger charge is -2.33. The maximum Gasteiger partial charge on any atom is 0.317 e. The number of hydrogen-bond donors (Lipinski definition) is 2. The quantitative estimate of drug-likeness (QED) is 0.805. The Morgan fingerprint density at radius 1 is 1.00 bits per heavy atom. The summed E-state index contributed by atoms with van der Waals surface area (Å²) in [6, 6.07) is 7.95. The number of rotatable bonds is 5. The van der Waals surface area contributed by atoms with Crippen LogP contribution >= 0.6 is 0 Å². The summed E-state index contributed by atoms with van der Waals surface area (Å²) in [5.41, 5.74) is 2.15. The highest BCUT2D eigenvalue weighted by molar-refractivity contribution is 5.69. The molecule has 1 aromatic carbocycles. The van der Waals surface area contributed by atoms with Gasteiger partial charge in [-0.2, -0.15) is 0 Å². The SMILES string of the molecule is O=C(O)CN1CCN(Cc2ccc(CO)cc2)CC1. The molecule has 0 aliphatic carbocycles. The third kappa shape index (κ3) is 4.31. The second kappa shape index (κ2) is 6.65. The molecule has 0 spiro atoms. The number of benzene rings is 1. The Hall–Kier alpha value is -1.43. The first-order chi connectivity index (χ1) is 9.17. The Bertz CT molecular complexity index is 411. The van der Waals surface area contributed by atoms with Crippen molar-refractivity contribution in [2.24, 2.45) is 0 Å². The minimum absolute atomic E-state index is 0.0775. The summed E-state index contributed by atoms with van der Waals surface area (Å²) in [7, 11) is 0. The normalized spacial score (nSPS) is 17.5. The number of aliphatic hydroxyl groups excluding tert-OH is 1. The molecule has 104 valence electrons. The molecule has 2 N–H and O–H groups in total. The van der Waals surface area contributed by atoms with E-state index in [0.29, 0.717) is 0 Å². The molecule has 0 radical (unpaired) electrons.